The molecule has 3 rings (SSSR count). The second-order valence-electron chi connectivity index (χ2n) is 7.08. The molecule has 3 N–H and O–H groups in total. The molecule has 0 bridgehead atoms. The summed E-state index contributed by atoms with van der Waals surface area (Å²) in [4.78, 5) is 40.3. The number of aryl methyl sites for hydroxylation is 1. The summed E-state index contributed by atoms with van der Waals surface area (Å²) in [7, 11) is -3.09. The molecule has 3 aromatic rings. The van der Waals surface area contributed by atoms with Crippen LogP contribution < -0.4 is 30.3 Å². The van der Waals surface area contributed by atoms with Crippen LogP contribution in [0.4, 0.5) is 11.4 Å². The zero-order valence-electron chi connectivity index (χ0n) is 18.7. The van der Waals surface area contributed by atoms with E-state index in [1.807, 2.05) is 4.98 Å². The van der Waals surface area contributed by atoms with Gasteiger partial charge in [0.15, 0.2) is 4.90 Å². The van der Waals surface area contributed by atoms with E-state index in [0.29, 0.717) is 23.8 Å². The van der Waals surface area contributed by atoms with E-state index in [1.54, 1.807) is 43.3 Å². The average molecular weight is 489 g/mol. The first-order chi connectivity index (χ1) is 16.1. The minimum absolute atomic E-state index is 0.120. The van der Waals surface area contributed by atoms with Crippen LogP contribution in [-0.2, 0) is 14.8 Å². The van der Waals surface area contributed by atoms with Crippen molar-refractivity contribution in [3.05, 3.63) is 75.1 Å². The number of aromatic nitrogens is 2. The van der Waals surface area contributed by atoms with Gasteiger partial charge in [-0.25, -0.2) is 13.2 Å². The van der Waals surface area contributed by atoms with Gasteiger partial charge in [0.25, 0.3) is 15.6 Å². The van der Waals surface area contributed by atoms with Gasteiger partial charge in [-0.15, -0.1) is 0 Å². The van der Waals surface area contributed by atoms with Gasteiger partial charge in [0.2, 0.25) is 5.91 Å². The number of H-pyrrole nitrogens is 2. The lowest BCUT2D eigenvalue weighted by atomic mass is 10.3. The maximum absolute atomic E-state index is 13.5. The van der Waals surface area contributed by atoms with E-state index >= 15 is 0 Å². The molecule has 11 nitrogen and oxygen atoms in total. The smallest absolute Gasteiger partial charge is 0.325 e. The van der Waals surface area contributed by atoms with Gasteiger partial charge in [0.1, 0.15) is 18.0 Å². The lowest BCUT2D eigenvalue weighted by molar-refractivity contribution is -0.114. The highest BCUT2D eigenvalue weighted by molar-refractivity contribution is 7.92. The summed E-state index contributed by atoms with van der Waals surface area (Å²) in [6, 6.07) is 12.6. The SMILES string of the molecule is CCOc1ccc(N(CC(=O)Nc2cccc(OC)c2)S(=O)(=O)c2c(C)[nH]c(=O)[nH]c2=O)cc1. The first-order valence-electron chi connectivity index (χ1n) is 10.2. The van der Waals surface area contributed by atoms with Gasteiger partial charge < -0.3 is 19.8 Å². The largest absolute Gasteiger partial charge is 0.497 e. The van der Waals surface area contributed by atoms with E-state index in [-0.39, 0.29) is 11.4 Å². The van der Waals surface area contributed by atoms with Gasteiger partial charge in [0.05, 0.1) is 19.4 Å². The minimum atomic E-state index is -4.56. The van der Waals surface area contributed by atoms with Crippen molar-refractivity contribution in [3.63, 3.8) is 0 Å². The molecule has 0 radical (unpaired) electrons. The van der Waals surface area contributed by atoms with Crippen LogP contribution in [0.5, 0.6) is 11.5 Å². The summed E-state index contributed by atoms with van der Waals surface area (Å²) in [5.74, 6) is 0.343. The molecule has 1 aromatic heterocycles. The predicted octanol–water partition coefficient (Wildman–Crippen LogP) is 1.61. The van der Waals surface area contributed by atoms with Crippen molar-refractivity contribution in [2.75, 3.05) is 29.9 Å². The summed E-state index contributed by atoms with van der Waals surface area (Å²) in [6.07, 6.45) is 0. The van der Waals surface area contributed by atoms with Crippen LogP contribution in [0.1, 0.15) is 12.6 Å². The van der Waals surface area contributed by atoms with Crippen LogP contribution in [0.15, 0.2) is 63.0 Å². The summed E-state index contributed by atoms with van der Waals surface area (Å²) >= 11 is 0. The molecule has 0 spiro atoms. The second-order valence-corrected chi connectivity index (χ2v) is 8.88. The number of ether oxygens (including phenoxy) is 2. The Balaban J connectivity index is 2.02. The van der Waals surface area contributed by atoms with Crippen molar-refractivity contribution in [2.24, 2.45) is 0 Å². The van der Waals surface area contributed by atoms with Crippen LogP contribution in [0, 0.1) is 6.92 Å². The molecule has 0 fully saturated rings. The van der Waals surface area contributed by atoms with Crippen LogP contribution in [0.3, 0.4) is 0 Å². The summed E-state index contributed by atoms with van der Waals surface area (Å²) < 4.78 is 38.4. The minimum Gasteiger partial charge on any atom is -0.497 e. The molecule has 0 unspecified atom stereocenters. The Kier molecular flexibility index (Phi) is 7.41. The van der Waals surface area contributed by atoms with Crippen LogP contribution >= 0.6 is 0 Å². The van der Waals surface area contributed by atoms with Crippen molar-refractivity contribution in [3.8, 4) is 11.5 Å². The zero-order valence-corrected chi connectivity index (χ0v) is 19.6. The number of anilines is 2. The number of benzene rings is 2. The Morgan fingerprint density at radius 2 is 1.76 bits per heavy atom. The molecule has 1 heterocycles. The third-order valence-corrected chi connectivity index (χ3v) is 6.63. The van der Waals surface area contributed by atoms with E-state index in [2.05, 4.69) is 10.3 Å². The molecule has 34 heavy (non-hydrogen) atoms. The van der Waals surface area contributed by atoms with Crippen molar-refractivity contribution in [1.29, 1.82) is 0 Å². The number of methoxy groups -OCH3 is 1. The van der Waals surface area contributed by atoms with Crippen molar-refractivity contribution in [1.82, 2.24) is 9.97 Å². The summed E-state index contributed by atoms with van der Waals surface area (Å²) in [5.41, 5.74) is -1.58. The number of nitrogens with one attached hydrogen (secondary N) is 3. The molecular weight excluding hydrogens is 464 g/mol. The highest BCUT2D eigenvalue weighted by Gasteiger charge is 2.32. The van der Waals surface area contributed by atoms with Crippen LogP contribution in [0.25, 0.3) is 0 Å². The van der Waals surface area contributed by atoms with Crippen molar-refractivity contribution >= 4 is 27.3 Å². The van der Waals surface area contributed by atoms with Gasteiger partial charge in [0, 0.05) is 17.4 Å². The number of amides is 1. The molecule has 0 saturated carbocycles. The summed E-state index contributed by atoms with van der Waals surface area (Å²) in [5, 5.41) is 2.62. The molecular formula is C22H24N4O7S. The highest BCUT2D eigenvalue weighted by Crippen LogP contribution is 2.26. The number of hydrogen-bond acceptors (Lipinski definition) is 7. The molecule has 0 aliphatic heterocycles. The van der Waals surface area contributed by atoms with Crippen molar-refractivity contribution < 1.29 is 22.7 Å². The first-order valence-corrected chi connectivity index (χ1v) is 11.6. The lowest BCUT2D eigenvalue weighted by Gasteiger charge is -2.24. The Morgan fingerprint density at radius 1 is 1.06 bits per heavy atom. The van der Waals surface area contributed by atoms with Gasteiger partial charge in [-0.05, 0) is 50.2 Å². The average Bonchev–Trinajstić information content (AvgIpc) is 2.77. The summed E-state index contributed by atoms with van der Waals surface area (Å²) in [6.45, 7) is 2.86. The number of carbonyl (C=O) groups excluding carboxylic acids is 1. The molecule has 0 aliphatic carbocycles. The fourth-order valence-corrected chi connectivity index (χ4v) is 4.86. The fraction of sp³-hybridized carbons (Fsp3) is 0.227. The third-order valence-electron chi connectivity index (χ3n) is 4.70. The maximum Gasteiger partial charge on any atom is 0.325 e. The van der Waals surface area contributed by atoms with E-state index in [0.717, 1.165) is 4.31 Å². The number of sulfonamides is 1. The molecule has 0 aliphatic rings. The number of aromatic amines is 2. The monoisotopic (exact) mass is 488 g/mol. The number of hydrogen-bond donors (Lipinski definition) is 3. The molecule has 180 valence electrons. The van der Waals surface area contributed by atoms with Crippen molar-refractivity contribution in [2.45, 2.75) is 18.7 Å². The number of nitrogens with zero attached hydrogens (tertiary/aromatic N) is 1. The van der Waals surface area contributed by atoms with Gasteiger partial charge in [-0.2, -0.15) is 0 Å². The Bertz CT molecular complexity index is 1400. The van der Waals surface area contributed by atoms with Crippen LogP contribution in [0.2, 0.25) is 0 Å². The quantitative estimate of drug-likeness (QED) is 0.414. The highest BCUT2D eigenvalue weighted by atomic mass is 32.2. The van der Waals surface area contributed by atoms with Gasteiger partial charge in [-0.3, -0.25) is 18.9 Å². The normalized spacial score (nSPS) is 11.0. The van der Waals surface area contributed by atoms with E-state index in [4.69, 9.17) is 9.47 Å². The Labute approximate surface area is 195 Å². The molecule has 2 aromatic carbocycles. The number of carbonyl (C=O) groups is 1. The van der Waals surface area contributed by atoms with E-state index < -0.39 is 38.6 Å². The van der Waals surface area contributed by atoms with Crippen LogP contribution in [-0.4, -0.2) is 44.6 Å². The zero-order chi connectivity index (χ0) is 24.9. The lowest BCUT2D eigenvalue weighted by Crippen LogP contribution is -2.42. The predicted molar refractivity (Wildman–Crippen MR) is 126 cm³/mol. The molecule has 1 amide bonds. The molecule has 12 heteroatoms. The van der Waals surface area contributed by atoms with Gasteiger partial charge >= 0.3 is 5.69 Å². The third kappa shape index (κ3) is 5.46. The fourth-order valence-electron chi connectivity index (χ4n) is 3.23. The molecule has 0 atom stereocenters. The van der Waals surface area contributed by atoms with E-state index in [9.17, 15) is 22.8 Å². The maximum atomic E-state index is 13.5. The second kappa shape index (κ2) is 10.3. The Morgan fingerprint density at radius 3 is 2.38 bits per heavy atom. The first kappa shape index (κ1) is 24.6. The topological polar surface area (TPSA) is 151 Å². The number of rotatable bonds is 9. The molecule has 0 saturated heterocycles. The standard InChI is InChI=1S/C22H24N4O7S/c1-4-33-17-10-8-16(9-11-17)26(13-19(27)24-15-6-5-7-18(12-15)32-3)34(30,31)20-14(2)23-22(29)25-21(20)28/h5-12H,4,13H2,1-3H3,(H,24,27)(H2,23,25,28,29). The van der Waals surface area contributed by atoms with Gasteiger partial charge in [-0.1, -0.05) is 6.07 Å². The van der Waals surface area contributed by atoms with E-state index in [1.165, 1.54) is 26.2 Å². The Hall–Kier alpha value is -4.06.